The summed E-state index contributed by atoms with van der Waals surface area (Å²) in [6.07, 6.45) is 0. The lowest BCUT2D eigenvalue weighted by atomic mass is 9.55. The van der Waals surface area contributed by atoms with Gasteiger partial charge < -0.3 is 0 Å². The van der Waals surface area contributed by atoms with Crippen LogP contribution in [0.2, 0.25) is 0 Å². The Labute approximate surface area is 580 Å². The first-order valence-corrected chi connectivity index (χ1v) is 35.4. The Bertz CT molecular complexity index is 5680. The smallest absolute Gasteiger partial charge is 0.164 e. The first kappa shape index (κ1) is 60.7. The Morgan fingerprint density at radius 2 is 0.490 bits per heavy atom. The lowest BCUT2D eigenvalue weighted by Gasteiger charge is -2.48. The van der Waals surface area contributed by atoms with E-state index in [1.165, 1.54) is 102 Å². The number of rotatable bonds is 8. The zero-order valence-electron chi connectivity index (χ0n) is 56.1. The topological polar surface area (TPSA) is 77.3 Å². The van der Waals surface area contributed by atoms with Crippen molar-refractivity contribution in [3.05, 3.63) is 301 Å². The van der Waals surface area contributed by atoms with Gasteiger partial charge in [0.15, 0.2) is 34.9 Å². The molecule has 0 saturated heterocycles. The number of benzene rings is 12. The second-order valence-corrected chi connectivity index (χ2v) is 30.3. The van der Waals surface area contributed by atoms with Crippen molar-refractivity contribution >= 4 is 63.0 Å². The fourth-order valence-electron chi connectivity index (χ4n) is 15.0. The number of hydrogen-bond donors (Lipinski definition) is 0. The molecule has 16 aromatic rings. The summed E-state index contributed by atoms with van der Waals surface area (Å²) in [5.41, 5.74) is 21.8. The maximum atomic E-state index is 4.97. The molecular formula is C90H70N6S2. The van der Waals surface area contributed by atoms with Crippen LogP contribution < -0.4 is 0 Å². The van der Waals surface area contributed by atoms with Crippen LogP contribution in [0.1, 0.15) is 77.6 Å². The Balaban J connectivity index is 0.000000147. The molecule has 2 aliphatic rings. The van der Waals surface area contributed by atoms with Crippen molar-refractivity contribution < 1.29 is 0 Å². The summed E-state index contributed by atoms with van der Waals surface area (Å²) in [5.74, 6) is 3.99. The normalized spacial score (nSPS) is 14.4. The fraction of sp³-hybridized carbons (Fsp3) is 0.133. The Hall–Kier alpha value is -10.9. The van der Waals surface area contributed by atoms with Gasteiger partial charge in [0.25, 0.3) is 0 Å². The molecule has 0 N–H and O–H groups in total. The van der Waals surface area contributed by atoms with Crippen molar-refractivity contribution in [3.8, 4) is 113 Å². The van der Waals surface area contributed by atoms with Gasteiger partial charge in [0.1, 0.15) is 0 Å². The van der Waals surface area contributed by atoms with Crippen LogP contribution in [0, 0.1) is 0 Å². The van der Waals surface area contributed by atoms with Crippen LogP contribution in [-0.4, -0.2) is 29.9 Å². The monoisotopic (exact) mass is 1300 g/mol. The molecule has 0 radical (unpaired) electrons. The minimum absolute atomic E-state index is 0.00376. The van der Waals surface area contributed by atoms with Crippen LogP contribution >= 0.6 is 22.7 Å². The lowest BCUT2D eigenvalue weighted by Crippen LogP contribution is -2.43. The molecule has 0 aliphatic heterocycles. The summed E-state index contributed by atoms with van der Waals surface area (Å²) in [6.45, 7) is 19.2. The van der Waals surface area contributed by atoms with E-state index in [0.717, 1.165) is 38.9 Å². The first-order chi connectivity index (χ1) is 47.6. The molecule has 98 heavy (non-hydrogen) atoms. The number of fused-ring (bicyclic) bond motifs is 14. The second kappa shape index (κ2) is 23.4. The summed E-state index contributed by atoms with van der Waals surface area (Å²) < 4.78 is 5.36. The molecule has 472 valence electrons. The predicted molar refractivity (Wildman–Crippen MR) is 412 cm³/mol. The molecule has 0 atom stereocenters. The van der Waals surface area contributed by atoms with Crippen LogP contribution in [0.25, 0.3) is 153 Å². The van der Waals surface area contributed by atoms with Crippen LogP contribution in [-0.2, 0) is 21.7 Å². The van der Waals surface area contributed by atoms with Gasteiger partial charge in [-0.2, -0.15) is 0 Å². The van der Waals surface area contributed by atoms with Crippen molar-refractivity contribution in [2.45, 2.75) is 77.0 Å². The van der Waals surface area contributed by atoms with Crippen molar-refractivity contribution in [1.82, 2.24) is 29.9 Å². The van der Waals surface area contributed by atoms with E-state index in [-0.39, 0.29) is 21.7 Å². The molecule has 18 rings (SSSR count). The van der Waals surface area contributed by atoms with Crippen LogP contribution in [0.3, 0.4) is 0 Å². The third-order valence-electron chi connectivity index (χ3n) is 21.8. The lowest BCUT2D eigenvalue weighted by molar-refractivity contribution is 0.299. The summed E-state index contributed by atoms with van der Waals surface area (Å²) in [5, 5.41) is 5.29. The van der Waals surface area contributed by atoms with Crippen LogP contribution in [0.5, 0.6) is 0 Å². The summed E-state index contributed by atoms with van der Waals surface area (Å²) in [4.78, 5) is 29.5. The van der Waals surface area contributed by atoms with E-state index >= 15 is 0 Å². The zero-order valence-corrected chi connectivity index (χ0v) is 57.7. The van der Waals surface area contributed by atoms with E-state index in [9.17, 15) is 0 Å². The molecule has 0 amide bonds. The maximum absolute atomic E-state index is 4.97. The predicted octanol–water partition coefficient (Wildman–Crippen LogP) is 24.3. The van der Waals surface area contributed by atoms with Gasteiger partial charge in [0, 0.05) is 84.9 Å². The van der Waals surface area contributed by atoms with E-state index in [1.54, 1.807) is 0 Å². The van der Waals surface area contributed by atoms with E-state index < -0.39 is 0 Å². The molecule has 0 fully saturated rings. The summed E-state index contributed by atoms with van der Waals surface area (Å²) >= 11 is 3.84. The Morgan fingerprint density at radius 1 is 0.214 bits per heavy atom. The highest BCUT2D eigenvalue weighted by molar-refractivity contribution is 7.26. The van der Waals surface area contributed by atoms with Gasteiger partial charge in [0.2, 0.25) is 0 Å². The minimum Gasteiger partial charge on any atom is -0.208 e. The summed E-state index contributed by atoms with van der Waals surface area (Å²) in [7, 11) is 0. The van der Waals surface area contributed by atoms with Crippen LogP contribution in [0.15, 0.2) is 279 Å². The first-order valence-electron chi connectivity index (χ1n) is 33.7. The number of thiophene rings is 2. The highest BCUT2D eigenvalue weighted by atomic mass is 32.1. The molecule has 0 saturated carbocycles. The quantitative estimate of drug-likeness (QED) is 0.151. The Kier molecular flexibility index (Phi) is 14.5. The van der Waals surface area contributed by atoms with E-state index in [1.807, 2.05) is 144 Å². The van der Waals surface area contributed by atoms with E-state index in [0.29, 0.717) is 34.9 Å². The largest absolute Gasteiger partial charge is 0.208 e. The van der Waals surface area contributed by atoms with Gasteiger partial charge in [-0.15, -0.1) is 22.7 Å². The van der Waals surface area contributed by atoms with Crippen molar-refractivity contribution in [3.63, 3.8) is 0 Å². The Morgan fingerprint density at radius 3 is 0.888 bits per heavy atom. The van der Waals surface area contributed by atoms with Gasteiger partial charge in [0.05, 0.1) is 0 Å². The van der Waals surface area contributed by atoms with Gasteiger partial charge in [-0.1, -0.05) is 316 Å². The average molecular weight is 1300 g/mol. The maximum Gasteiger partial charge on any atom is 0.164 e. The zero-order chi connectivity index (χ0) is 66.7. The molecule has 4 heterocycles. The average Bonchev–Trinajstić information content (AvgIpc) is 1.18. The van der Waals surface area contributed by atoms with Crippen LogP contribution in [0.4, 0.5) is 0 Å². The second-order valence-electron chi connectivity index (χ2n) is 28.2. The van der Waals surface area contributed by atoms with Gasteiger partial charge in [-0.05, 0) is 95.5 Å². The molecule has 0 unspecified atom stereocenters. The molecule has 8 heteroatoms. The third kappa shape index (κ3) is 10.0. The number of hydrogen-bond acceptors (Lipinski definition) is 8. The molecule has 12 aromatic carbocycles. The molecule has 0 bridgehead atoms. The third-order valence-corrected chi connectivity index (χ3v) is 24.2. The SMILES string of the molecule is CC1(C)c2ccccc2-c2c(ccc3c2sc2cc(-c4ccc(-c5nc(-c6ccccc6)nc(-c6ccccc6)n5)cc4)ccc23)C1(C)C.CC1(C)c2ccccc2-c2c(ccc3c2sc2cc(-c4cccc(-c5nc(-c6ccccc6)nc(-c6ccccc6)n5)c4)ccc23)C1(C)C. The highest BCUT2D eigenvalue weighted by Gasteiger charge is 2.48. The van der Waals surface area contributed by atoms with Gasteiger partial charge in [-0.3, -0.25) is 0 Å². The number of nitrogens with zero attached hydrogens (tertiary/aromatic N) is 6. The van der Waals surface area contributed by atoms with E-state index in [4.69, 9.17) is 29.9 Å². The highest BCUT2D eigenvalue weighted by Crippen LogP contribution is 2.59. The summed E-state index contributed by atoms with van der Waals surface area (Å²) in [6, 6.07) is 99.0. The molecule has 6 nitrogen and oxygen atoms in total. The molecule has 4 aromatic heterocycles. The van der Waals surface area contributed by atoms with Crippen molar-refractivity contribution in [1.29, 1.82) is 0 Å². The van der Waals surface area contributed by atoms with Gasteiger partial charge >= 0.3 is 0 Å². The van der Waals surface area contributed by atoms with E-state index in [2.05, 4.69) is 213 Å². The van der Waals surface area contributed by atoms with Crippen molar-refractivity contribution in [2.75, 3.05) is 0 Å². The molecular weight excluding hydrogens is 1230 g/mol. The fourth-order valence-corrected chi connectivity index (χ4v) is 17.6. The standard InChI is InChI=1S/2C45H35N3S/c1-44(2)36-21-12-11-20-35(36)39-37(45(44,3)4)25-24-34-33-23-22-31(27-38(33)49-40(34)39)30-18-13-19-32(26-30)43-47-41(28-14-7-5-8-15-28)46-42(48-43)29-16-9-6-10-17-29;1-44(2)36-18-12-11-17-35(36)39-37(45(44,3)4)26-25-34-33-24-23-32(27-38(33)49-40(34)39)28-19-21-31(22-20-28)43-47-41(29-13-7-5-8-14-29)46-42(48-43)30-15-9-6-10-16-30/h2*5-27H,1-4H3. The molecule has 0 spiro atoms. The molecule has 2 aliphatic carbocycles. The number of aromatic nitrogens is 6. The van der Waals surface area contributed by atoms with Gasteiger partial charge in [-0.25, -0.2) is 29.9 Å². The minimum atomic E-state index is -0.0115. The van der Waals surface area contributed by atoms with Crippen molar-refractivity contribution in [2.24, 2.45) is 0 Å².